The van der Waals surface area contributed by atoms with Gasteiger partial charge in [0.25, 0.3) is 0 Å². The third kappa shape index (κ3) is 3.06. The number of nitrogens with one attached hydrogen (secondary N) is 1. The number of benzene rings is 2. The molecule has 0 amide bonds. The highest BCUT2D eigenvalue weighted by molar-refractivity contribution is 7.14. The molecule has 0 saturated heterocycles. The smallest absolute Gasteiger partial charge is 0.187 e. The summed E-state index contributed by atoms with van der Waals surface area (Å²) in [6, 6.07) is 13.4. The van der Waals surface area contributed by atoms with Gasteiger partial charge in [-0.25, -0.2) is 4.98 Å². The zero-order valence-corrected chi connectivity index (χ0v) is 12.7. The summed E-state index contributed by atoms with van der Waals surface area (Å²) in [6.45, 7) is 4.19. The van der Waals surface area contributed by atoms with Gasteiger partial charge >= 0.3 is 0 Å². The zero-order valence-electron chi connectivity index (χ0n) is 11.9. The van der Waals surface area contributed by atoms with Crippen LogP contribution in [-0.4, -0.2) is 10.1 Å². The second-order valence-electron chi connectivity index (χ2n) is 5.03. The Morgan fingerprint density at radius 3 is 2.57 bits per heavy atom. The minimum atomic E-state index is 0.260. The number of nitrogens with zero attached hydrogens (tertiary/aromatic N) is 1. The molecule has 3 aromatic rings. The van der Waals surface area contributed by atoms with Gasteiger partial charge in [-0.3, -0.25) is 0 Å². The van der Waals surface area contributed by atoms with Crippen molar-refractivity contribution in [3.8, 4) is 17.0 Å². The van der Waals surface area contributed by atoms with Crippen LogP contribution < -0.4 is 5.32 Å². The Labute approximate surface area is 127 Å². The molecule has 1 aromatic heterocycles. The summed E-state index contributed by atoms with van der Waals surface area (Å²) in [5.41, 5.74) is 5.53. The number of aromatic hydroxyl groups is 1. The molecule has 0 aliphatic rings. The predicted molar refractivity (Wildman–Crippen MR) is 88.4 cm³/mol. The third-order valence-electron chi connectivity index (χ3n) is 3.29. The van der Waals surface area contributed by atoms with E-state index in [0.717, 1.165) is 16.5 Å². The highest BCUT2D eigenvalue weighted by Crippen LogP contribution is 2.30. The van der Waals surface area contributed by atoms with E-state index in [1.807, 2.05) is 12.1 Å². The van der Waals surface area contributed by atoms with Gasteiger partial charge in [0.15, 0.2) is 5.13 Å². The number of thiazole rings is 1. The van der Waals surface area contributed by atoms with E-state index >= 15 is 0 Å². The van der Waals surface area contributed by atoms with Gasteiger partial charge in [0.05, 0.1) is 5.69 Å². The average molecular weight is 296 g/mol. The fraction of sp³-hybridized carbons (Fsp3) is 0.118. The van der Waals surface area contributed by atoms with Crippen molar-refractivity contribution in [2.24, 2.45) is 0 Å². The van der Waals surface area contributed by atoms with Crippen molar-refractivity contribution < 1.29 is 5.11 Å². The Morgan fingerprint density at radius 2 is 1.81 bits per heavy atom. The van der Waals surface area contributed by atoms with E-state index in [1.165, 1.54) is 16.7 Å². The number of hydrogen-bond donors (Lipinski definition) is 2. The normalized spacial score (nSPS) is 10.6. The molecule has 106 valence electrons. The Kier molecular flexibility index (Phi) is 3.62. The largest absolute Gasteiger partial charge is 0.508 e. The fourth-order valence-electron chi connectivity index (χ4n) is 2.13. The molecule has 1 heterocycles. The van der Waals surface area contributed by atoms with Crippen molar-refractivity contribution in [1.29, 1.82) is 0 Å². The molecule has 4 heteroatoms. The highest BCUT2D eigenvalue weighted by atomic mass is 32.1. The molecular formula is C17H16N2OS. The van der Waals surface area contributed by atoms with Crippen molar-refractivity contribution in [3.63, 3.8) is 0 Å². The van der Waals surface area contributed by atoms with Gasteiger partial charge < -0.3 is 10.4 Å². The van der Waals surface area contributed by atoms with Crippen LogP contribution in [0.1, 0.15) is 11.1 Å². The quantitative estimate of drug-likeness (QED) is 0.677. The molecule has 0 saturated carbocycles. The lowest BCUT2D eigenvalue weighted by Crippen LogP contribution is -1.90. The summed E-state index contributed by atoms with van der Waals surface area (Å²) in [5.74, 6) is 0.260. The number of phenols is 1. The number of rotatable bonds is 3. The molecule has 0 spiro atoms. The van der Waals surface area contributed by atoms with Crippen LogP contribution in [0.4, 0.5) is 10.8 Å². The summed E-state index contributed by atoms with van der Waals surface area (Å²) in [7, 11) is 0. The van der Waals surface area contributed by atoms with E-state index in [9.17, 15) is 5.11 Å². The van der Waals surface area contributed by atoms with Crippen molar-refractivity contribution >= 4 is 22.2 Å². The van der Waals surface area contributed by atoms with Crippen molar-refractivity contribution in [3.05, 3.63) is 59.0 Å². The van der Waals surface area contributed by atoms with E-state index in [-0.39, 0.29) is 5.75 Å². The minimum absolute atomic E-state index is 0.260. The SMILES string of the molecule is Cc1ccc(C)c(-c2csc(Nc3ccc(O)cc3)n2)c1. The highest BCUT2D eigenvalue weighted by Gasteiger charge is 2.07. The van der Waals surface area contributed by atoms with Crippen LogP contribution in [0, 0.1) is 13.8 Å². The minimum Gasteiger partial charge on any atom is -0.508 e. The van der Waals surface area contributed by atoms with E-state index < -0.39 is 0 Å². The van der Waals surface area contributed by atoms with Gasteiger partial charge in [-0.2, -0.15) is 0 Å². The molecule has 3 rings (SSSR count). The topological polar surface area (TPSA) is 45.1 Å². The Morgan fingerprint density at radius 1 is 1.05 bits per heavy atom. The second-order valence-corrected chi connectivity index (χ2v) is 5.89. The first-order chi connectivity index (χ1) is 10.1. The third-order valence-corrected chi connectivity index (χ3v) is 4.05. The maximum atomic E-state index is 9.29. The Bertz CT molecular complexity index is 763. The lowest BCUT2D eigenvalue weighted by Gasteiger charge is -2.04. The Balaban J connectivity index is 1.86. The molecule has 0 aliphatic carbocycles. The lowest BCUT2D eigenvalue weighted by atomic mass is 10.0. The van der Waals surface area contributed by atoms with E-state index in [4.69, 9.17) is 0 Å². The maximum Gasteiger partial charge on any atom is 0.187 e. The van der Waals surface area contributed by atoms with E-state index in [0.29, 0.717) is 0 Å². The molecule has 21 heavy (non-hydrogen) atoms. The van der Waals surface area contributed by atoms with Gasteiger partial charge in [-0.05, 0) is 49.7 Å². The molecule has 3 nitrogen and oxygen atoms in total. The molecular weight excluding hydrogens is 280 g/mol. The fourth-order valence-corrected chi connectivity index (χ4v) is 2.87. The van der Waals surface area contributed by atoms with Gasteiger partial charge in [-0.15, -0.1) is 11.3 Å². The molecule has 2 N–H and O–H groups in total. The van der Waals surface area contributed by atoms with Crippen LogP contribution in [0.3, 0.4) is 0 Å². The maximum absolute atomic E-state index is 9.29. The molecule has 2 aromatic carbocycles. The summed E-state index contributed by atoms with van der Waals surface area (Å²) < 4.78 is 0. The molecule has 0 aliphatic heterocycles. The molecule has 0 fully saturated rings. The first-order valence-corrected chi connectivity index (χ1v) is 7.59. The second kappa shape index (κ2) is 5.58. The monoisotopic (exact) mass is 296 g/mol. The first kappa shape index (κ1) is 13.6. The molecule has 0 radical (unpaired) electrons. The number of hydrogen-bond acceptors (Lipinski definition) is 4. The number of aryl methyl sites for hydroxylation is 2. The van der Waals surface area contributed by atoms with Gasteiger partial charge in [0.2, 0.25) is 0 Å². The zero-order chi connectivity index (χ0) is 14.8. The van der Waals surface area contributed by atoms with E-state index in [2.05, 4.69) is 47.7 Å². The standard InChI is InChI=1S/C17H16N2OS/c1-11-3-4-12(2)15(9-11)16-10-21-17(19-16)18-13-5-7-14(20)8-6-13/h3-10,20H,1-2H3,(H,18,19). The van der Waals surface area contributed by atoms with Crippen LogP contribution in [0.15, 0.2) is 47.8 Å². The van der Waals surface area contributed by atoms with Crippen molar-refractivity contribution in [2.75, 3.05) is 5.32 Å². The van der Waals surface area contributed by atoms with Crippen LogP contribution in [0.2, 0.25) is 0 Å². The Hall–Kier alpha value is -2.33. The molecule has 0 bridgehead atoms. The van der Waals surface area contributed by atoms with Gasteiger partial charge in [0, 0.05) is 16.6 Å². The van der Waals surface area contributed by atoms with Gasteiger partial charge in [-0.1, -0.05) is 17.7 Å². The average Bonchev–Trinajstić information content (AvgIpc) is 2.92. The van der Waals surface area contributed by atoms with Gasteiger partial charge in [0.1, 0.15) is 5.75 Å². The van der Waals surface area contributed by atoms with Crippen LogP contribution in [0.5, 0.6) is 5.75 Å². The first-order valence-electron chi connectivity index (χ1n) is 6.71. The summed E-state index contributed by atoms with van der Waals surface area (Å²) in [6.07, 6.45) is 0. The summed E-state index contributed by atoms with van der Waals surface area (Å²) >= 11 is 1.57. The lowest BCUT2D eigenvalue weighted by molar-refractivity contribution is 0.475. The molecule has 0 unspecified atom stereocenters. The van der Waals surface area contributed by atoms with Crippen molar-refractivity contribution in [1.82, 2.24) is 4.98 Å². The predicted octanol–water partition coefficient (Wildman–Crippen LogP) is 4.88. The van der Waals surface area contributed by atoms with Crippen molar-refractivity contribution in [2.45, 2.75) is 13.8 Å². The summed E-state index contributed by atoms with van der Waals surface area (Å²) in [4.78, 5) is 4.65. The van der Waals surface area contributed by atoms with Crippen LogP contribution in [-0.2, 0) is 0 Å². The summed E-state index contributed by atoms with van der Waals surface area (Å²) in [5, 5.41) is 15.4. The molecule has 0 atom stereocenters. The van der Waals surface area contributed by atoms with Crippen LogP contribution >= 0.6 is 11.3 Å². The number of aromatic nitrogens is 1. The number of phenolic OH excluding ortho intramolecular Hbond substituents is 1. The van der Waals surface area contributed by atoms with Crippen LogP contribution in [0.25, 0.3) is 11.3 Å². The number of anilines is 2. The van der Waals surface area contributed by atoms with E-state index in [1.54, 1.807) is 23.5 Å².